The average Bonchev–Trinajstić information content (AvgIpc) is 2.89. The minimum Gasteiger partial charge on any atom is -0.352 e. The third kappa shape index (κ3) is 5.94. The van der Waals surface area contributed by atoms with E-state index in [-0.39, 0.29) is 36.6 Å². The van der Waals surface area contributed by atoms with Crippen molar-refractivity contribution >= 4 is 15.9 Å². The van der Waals surface area contributed by atoms with Crippen LogP contribution >= 0.6 is 0 Å². The summed E-state index contributed by atoms with van der Waals surface area (Å²) in [6.45, 7) is 6.03. The summed E-state index contributed by atoms with van der Waals surface area (Å²) in [6, 6.07) is 4.82. The molecule has 1 fully saturated rings. The Morgan fingerprint density at radius 1 is 1.21 bits per heavy atom. The zero-order valence-corrected chi connectivity index (χ0v) is 17.2. The van der Waals surface area contributed by atoms with Crippen molar-refractivity contribution in [2.75, 3.05) is 18.8 Å². The van der Waals surface area contributed by atoms with Crippen LogP contribution in [0.1, 0.15) is 44.7 Å². The number of sulfonamides is 1. The summed E-state index contributed by atoms with van der Waals surface area (Å²) >= 11 is 0. The molecule has 9 heteroatoms. The largest absolute Gasteiger partial charge is 0.416 e. The van der Waals surface area contributed by atoms with Gasteiger partial charge >= 0.3 is 6.18 Å². The molecular formula is C19H27F3N2O3S. The van der Waals surface area contributed by atoms with Crippen molar-refractivity contribution < 1.29 is 26.4 Å². The monoisotopic (exact) mass is 420 g/mol. The maximum absolute atomic E-state index is 13.3. The van der Waals surface area contributed by atoms with Crippen LogP contribution in [0.2, 0.25) is 0 Å². The number of amides is 1. The standard InChI is InChI=1S/C19H27F3N2O3S/c1-18(2,3)16(13-14-7-4-5-8-15(14)19(20,21)22)23-17(25)9-11-24-10-6-12-28(24,26)27/h4-5,7-8,16H,6,9-13H2,1-3H3,(H,23,25)/t16-/m1/s1. The molecule has 1 atom stereocenters. The summed E-state index contributed by atoms with van der Waals surface area (Å²) in [4.78, 5) is 12.4. The van der Waals surface area contributed by atoms with Crippen molar-refractivity contribution in [2.24, 2.45) is 5.41 Å². The second kappa shape index (κ2) is 8.41. The van der Waals surface area contributed by atoms with E-state index in [1.165, 1.54) is 16.4 Å². The number of alkyl halides is 3. The van der Waals surface area contributed by atoms with Gasteiger partial charge in [0.1, 0.15) is 0 Å². The van der Waals surface area contributed by atoms with Crippen molar-refractivity contribution in [3.8, 4) is 0 Å². The Morgan fingerprint density at radius 2 is 1.86 bits per heavy atom. The highest BCUT2D eigenvalue weighted by atomic mass is 32.2. The third-order valence-corrected chi connectivity index (χ3v) is 6.88. The minimum atomic E-state index is -4.47. The van der Waals surface area contributed by atoms with Gasteiger partial charge < -0.3 is 5.32 Å². The van der Waals surface area contributed by atoms with Gasteiger partial charge in [-0.05, 0) is 29.9 Å². The van der Waals surface area contributed by atoms with E-state index < -0.39 is 33.2 Å². The lowest BCUT2D eigenvalue weighted by atomic mass is 9.82. The van der Waals surface area contributed by atoms with E-state index in [9.17, 15) is 26.4 Å². The first-order valence-corrected chi connectivity index (χ1v) is 10.8. The Kier molecular flexibility index (Phi) is 6.81. The van der Waals surface area contributed by atoms with E-state index in [0.29, 0.717) is 13.0 Å². The number of carbonyl (C=O) groups is 1. The number of halogens is 3. The molecule has 0 radical (unpaired) electrons. The summed E-state index contributed by atoms with van der Waals surface area (Å²) in [5, 5.41) is 2.81. The molecule has 1 aromatic rings. The average molecular weight is 420 g/mol. The fraction of sp³-hybridized carbons (Fsp3) is 0.632. The fourth-order valence-electron chi connectivity index (χ4n) is 3.20. The second-order valence-corrected chi connectivity index (χ2v) is 10.3. The molecular weight excluding hydrogens is 393 g/mol. The molecule has 28 heavy (non-hydrogen) atoms. The molecule has 0 unspecified atom stereocenters. The molecule has 0 bridgehead atoms. The van der Waals surface area contributed by atoms with Crippen LogP contribution in [0.3, 0.4) is 0 Å². The molecule has 0 aliphatic carbocycles. The highest BCUT2D eigenvalue weighted by molar-refractivity contribution is 7.89. The van der Waals surface area contributed by atoms with E-state index in [1.807, 2.05) is 20.8 Å². The molecule has 5 nitrogen and oxygen atoms in total. The minimum absolute atomic E-state index is 0.0211. The maximum atomic E-state index is 13.3. The lowest BCUT2D eigenvalue weighted by Gasteiger charge is -2.32. The van der Waals surface area contributed by atoms with Gasteiger partial charge in [0.15, 0.2) is 0 Å². The van der Waals surface area contributed by atoms with Crippen LogP contribution in [0.4, 0.5) is 13.2 Å². The Balaban J connectivity index is 2.08. The quantitative estimate of drug-likeness (QED) is 0.769. The van der Waals surface area contributed by atoms with Crippen LogP contribution in [0.25, 0.3) is 0 Å². The van der Waals surface area contributed by atoms with Gasteiger partial charge in [0.05, 0.1) is 11.3 Å². The summed E-state index contributed by atoms with van der Waals surface area (Å²) < 4.78 is 64.7. The van der Waals surface area contributed by atoms with E-state index in [0.717, 1.165) is 6.07 Å². The maximum Gasteiger partial charge on any atom is 0.416 e. The molecule has 0 saturated carbocycles. The molecule has 0 spiro atoms. The molecule has 1 N–H and O–H groups in total. The van der Waals surface area contributed by atoms with Crippen LogP contribution in [0, 0.1) is 5.41 Å². The number of benzene rings is 1. The zero-order valence-electron chi connectivity index (χ0n) is 16.3. The van der Waals surface area contributed by atoms with Crippen molar-refractivity contribution in [3.63, 3.8) is 0 Å². The molecule has 2 rings (SSSR count). The molecule has 1 aliphatic heterocycles. The van der Waals surface area contributed by atoms with Crippen LogP contribution in [-0.4, -0.2) is 43.5 Å². The summed E-state index contributed by atoms with van der Waals surface area (Å²) in [5.74, 6) is -0.278. The van der Waals surface area contributed by atoms with Gasteiger partial charge in [-0.1, -0.05) is 39.0 Å². The van der Waals surface area contributed by atoms with Gasteiger partial charge in [-0.2, -0.15) is 13.2 Å². The van der Waals surface area contributed by atoms with Gasteiger partial charge in [-0.25, -0.2) is 12.7 Å². The van der Waals surface area contributed by atoms with E-state index in [4.69, 9.17) is 0 Å². The molecule has 1 aliphatic rings. The van der Waals surface area contributed by atoms with Gasteiger partial charge in [-0.3, -0.25) is 4.79 Å². The lowest BCUT2D eigenvalue weighted by molar-refractivity contribution is -0.138. The molecule has 1 aromatic carbocycles. The van der Waals surface area contributed by atoms with Crippen LogP contribution in [0.15, 0.2) is 24.3 Å². The first kappa shape index (κ1) is 22.7. The Labute approximate surface area is 164 Å². The normalized spacial score (nSPS) is 18.8. The first-order chi connectivity index (χ1) is 12.8. The second-order valence-electron chi connectivity index (χ2n) is 8.16. The number of nitrogens with zero attached hydrogens (tertiary/aromatic N) is 1. The van der Waals surface area contributed by atoms with Crippen LogP contribution in [0.5, 0.6) is 0 Å². The number of nitrogens with one attached hydrogen (secondary N) is 1. The molecule has 0 aromatic heterocycles. The SMILES string of the molecule is CC(C)(C)[C@@H](Cc1ccccc1C(F)(F)F)NC(=O)CCN1CCCS1(=O)=O. The van der Waals surface area contributed by atoms with E-state index >= 15 is 0 Å². The zero-order chi connectivity index (χ0) is 21.2. The topological polar surface area (TPSA) is 66.5 Å². The Hall–Kier alpha value is -1.61. The van der Waals surface area contributed by atoms with Gasteiger partial charge in [0.2, 0.25) is 15.9 Å². The van der Waals surface area contributed by atoms with E-state index in [1.54, 1.807) is 6.07 Å². The smallest absolute Gasteiger partial charge is 0.352 e. The van der Waals surface area contributed by atoms with Crippen LogP contribution < -0.4 is 5.32 Å². The predicted molar refractivity (Wildman–Crippen MR) is 101 cm³/mol. The fourth-order valence-corrected chi connectivity index (χ4v) is 4.73. The summed E-state index contributed by atoms with van der Waals surface area (Å²) in [5.41, 5.74) is -1.06. The number of rotatable bonds is 6. The molecule has 1 amide bonds. The summed E-state index contributed by atoms with van der Waals surface area (Å²) in [6.07, 6.45) is -3.91. The molecule has 158 valence electrons. The summed E-state index contributed by atoms with van der Waals surface area (Å²) in [7, 11) is -3.28. The third-order valence-electron chi connectivity index (χ3n) is 4.92. The number of hydrogen-bond acceptors (Lipinski definition) is 3. The van der Waals surface area contributed by atoms with Crippen molar-refractivity contribution in [1.29, 1.82) is 0 Å². The Morgan fingerprint density at radius 3 is 2.39 bits per heavy atom. The van der Waals surface area contributed by atoms with Gasteiger partial charge in [-0.15, -0.1) is 0 Å². The number of carbonyl (C=O) groups excluding carboxylic acids is 1. The molecule has 1 heterocycles. The highest BCUT2D eigenvalue weighted by Crippen LogP contribution is 2.34. The Bertz CT molecular complexity index is 801. The number of hydrogen-bond donors (Lipinski definition) is 1. The van der Waals surface area contributed by atoms with Crippen molar-refractivity contribution in [3.05, 3.63) is 35.4 Å². The molecule has 1 saturated heterocycles. The van der Waals surface area contributed by atoms with E-state index in [2.05, 4.69) is 5.32 Å². The predicted octanol–water partition coefficient (Wildman–Crippen LogP) is 3.20. The van der Waals surface area contributed by atoms with Gasteiger partial charge in [0, 0.05) is 25.6 Å². The highest BCUT2D eigenvalue weighted by Gasteiger charge is 2.35. The van der Waals surface area contributed by atoms with Gasteiger partial charge in [0.25, 0.3) is 0 Å². The lowest BCUT2D eigenvalue weighted by Crippen LogP contribution is -2.46. The van der Waals surface area contributed by atoms with Crippen molar-refractivity contribution in [2.45, 2.75) is 52.3 Å². The van der Waals surface area contributed by atoms with Crippen molar-refractivity contribution in [1.82, 2.24) is 9.62 Å². The van der Waals surface area contributed by atoms with Crippen LogP contribution in [-0.2, 0) is 27.4 Å². The first-order valence-electron chi connectivity index (χ1n) is 9.23.